The van der Waals surface area contributed by atoms with Crippen LogP contribution < -0.4 is 5.73 Å². The third kappa shape index (κ3) is 3.16. The number of rotatable bonds is 3. The Bertz CT molecular complexity index is 466. The number of hydrogen-bond acceptors (Lipinski definition) is 2. The van der Waals surface area contributed by atoms with E-state index in [4.69, 9.17) is 17.3 Å². The van der Waals surface area contributed by atoms with Gasteiger partial charge in [0.25, 0.3) is 0 Å². The van der Waals surface area contributed by atoms with Gasteiger partial charge in [0, 0.05) is 25.2 Å². The van der Waals surface area contributed by atoms with Crippen molar-refractivity contribution in [2.45, 2.75) is 39.3 Å². The van der Waals surface area contributed by atoms with Gasteiger partial charge in [-0.2, -0.15) is 0 Å². The molecule has 112 valence electrons. The SMILES string of the molecule is CC1CC(C)C(C)N(C(CN)c2ccc(Cl)c(F)c2)C1. The molecule has 2 rings (SSSR count). The van der Waals surface area contributed by atoms with Crippen LogP contribution in [0, 0.1) is 17.7 Å². The molecule has 1 saturated heterocycles. The van der Waals surface area contributed by atoms with Gasteiger partial charge >= 0.3 is 0 Å². The van der Waals surface area contributed by atoms with Crippen LogP contribution in [0.2, 0.25) is 5.02 Å². The molecule has 1 aliphatic rings. The molecule has 0 radical (unpaired) electrons. The average Bonchev–Trinajstić information content (AvgIpc) is 2.40. The van der Waals surface area contributed by atoms with Crippen molar-refractivity contribution < 1.29 is 4.39 Å². The van der Waals surface area contributed by atoms with Gasteiger partial charge in [0.15, 0.2) is 0 Å². The van der Waals surface area contributed by atoms with E-state index in [2.05, 4.69) is 25.7 Å². The standard InChI is InChI=1S/C16H24ClFN2/c1-10-6-11(2)12(3)20(9-10)16(8-19)13-4-5-14(17)15(18)7-13/h4-5,7,10-12,16H,6,8-9,19H2,1-3H3. The second kappa shape index (κ2) is 6.42. The minimum atomic E-state index is -0.367. The van der Waals surface area contributed by atoms with Crippen LogP contribution in [0.15, 0.2) is 18.2 Å². The summed E-state index contributed by atoms with van der Waals surface area (Å²) in [6.07, 6.45) is 1.24. The molecule has 0 aromatic heterocycles. The van der Waals surface area contributed by atoms with E-state index in [9.17, 15) is 4.39 Å². The Labute approximate surface area is 126 Å². The summed E-state index contributed by atoms with van der Waals surface area (Å²) in [4.78, 5) is 2.42. The maximum atomic E-state index is 13.7. The highest BCUT2D eigenvalue weighted by molar-refractivity contribution is 6.30. The molecule has 1 heterocycles. The first-order chi connectivity index (χ1) is 9.43. The molecule has 1 aromatic rings. The molecular formula is C16H24ClFN2. The van der Waals surface area contributed by atoms with E-state index in [-0.39, 0.29) is 16.9 Å². The molecule has 0 amide bonds. The lowest BCUT2D eigenvalue weighted by atomic mass is 9.84. The summed E-state index contributed by atoms with van der Waals surface area (Å²) >= 11 is 5.77. The third-order valence-electron chi connectivity index (χ3n) is 4.60. The highest BCUT2D eigenvalue weighted by Crippen LogP contribution is 2.34. The van der Waals surface area contributed by atoms with Gasteiger partial charge in [0.05, 0.1) is 5.02 Å². The first-order valence-electron chi connectivity index (χ1n) is 7.34. The maximum Gasteiger partial charge on any atom is 0.142 e. The summed E-state index contributed by atoms with van der Waals surface area (Å²) in [5.74, 6) is 0.908. The number of halogens is 2. The summed E-state index contributed by atoms with van der Waals surface area (Å²) in [6.45, 7) is 8.29. The van der Waals surface area contributed by atoms with Crippen molar-refractivity contribution in [3.05, 3.63) is 34.6 Å². The molecule has 0 spiro atoms. The number of likely N-dealkylation sites (tertiary alicyclic amines) is 1. The Morgan fingerprint density at radius 2 is 2.10 bits per heavy atom. The van der Waals surface area contributed by atoms with Crippen LogP contribution in [0.25, 0.3) is 0 Å². The molecule has 2 N–H and O–H groups in total. The highest BCUT2D eigenvalue weighted by atomic mass is 35.5. The van der Waals surface area contributed by atoms with Gasteiger partial charge in [-0.3, -0.25) is 4.90 Å². The fourth-order valence-electron chi connectivity index (χ4n) is 3.35. The van der Waals surface area contributed by atoms with Gasteiger partial charge < -0.3 is 5.73 Å². The first kappa shape index (κ1) is 15.7. The normalized spacial score (nSPS) is 29.4. The van der Waals surface area contributed by atoms with Crippen molar-refractivity contribution in [1.29, 1.82) is 0 Å². The number of hydrogen-bond donors (Lipinski definition) is 1. The van der Waals surface area contributed by atoms with Crippen LogP contribution >= 0.6 is 11.6 Å². The van der Waals surface area contributed by atoms with Crippen LogP contribution in [0.5, 0.6) is 0 Å². The van der Waals surface area contributed by atoms with Crippen LogP contribution in [0.3, 0.4) is 0 Å². The van der Waals surface area contributed by atoms with E-state index in [1.807, 2.05) is 6.07 Å². The van der Waals surface area contributed by atoms with Gasteiger partial charge in [-0.15, -0.1) is 0 Å². The van der Waals surface area contributed by atoms with Gasteiger partial charge in [-0.25, -0.2) is 4.39 Å². The van der Waals surface area contributed by atoms with E-state index >= 15 is 0 Å². The van der Waals surface area contributed by atoms with Crippen molar-refractivity contribution in [2.24, 2.45) is 17.6 Å². The van der Waals surface area contributed by atoms with Crippen LogP contribution in [-0.2, 0) is 0 Å². The van der Waals surface area contributed by atoms with Gasteiger partial charge in [-0.05, 0) is 42.9 Å². The van der Waals surface area contributed by atoms with Crippen molar-refractivity contribution in [2.75, 3.05) is 13.1 Å². The summed E-state index contributed by atoms with van der Waals surface area (Å²) in [5, 5.41) is 0.165. The zero-order valence-electron chi connectivity index (χ0n) is 12.4. The lowest BCUT2D eigenvalue weighted by Gasteiger charge is -2.45. The first-order valence-corrected chi connectivity index (χ1v) is 7.72. The van der Waals surface area contributed by atoms with Crippen LogP contribution in [-0.4, -0.2) is 24.0 Å². The zero-order chi connectivity index (χ0) is 14.9. The van der Waals surface area contributed by atoms with Crippen molar-refractivity contribution in [1.82, 2.24) is 4.90 Å². The van der Waals surface area contributed by atoms with Crippen LogP contribution in [0.4, 0.5) is 4.39 Å². The van der Waals surface area contributed by atoms with Crippen molar-refractivity contribution >= 4 is 11.6 Å². The summed E-state index contributed by atoms with van der Waals surface area (Å²) in [6, 6.07) is 5.55. The number of nitrogens with two attached hydrogens (primary N) is 1. The van der Waals surface area contributed by atoms with Gasteiger partial charge in [-0.1, -0.05) is 31.5 Å². The molecule has 4 heteroatoms. The fourth-order valence-corrected chi connectivity index (χ4v) is 3.47. The van der Waals surface area contributed by atoms with Crippen molar-refractivity contribution in [3.63, 3.8) is 0 Å². The molecule has 1 fully saturated rings. The number of piperidine rings is 1. The molecule has 0 saturated carbocycles. The van der Waals surface area contributed by atoms with E-state index < -0.39 is 0 Å². The maximum absolute atomic E-state index is 13.7. The molecule has 1 aliphatic heterocycles. The molecule has 0 aliphatic carbocycles. The second-order valence-electron chi connectivity index (χ2n) is 6.18. The monoisotopic (exact) mass is 298 g/mol. The second-order valence-corrected chi connectivity index (χ2v) is 6.59. The average molecular weight is 299 g/mol. The van der Waals surface area contributed by atoms with E-state index in [1.165, 1.54) is 12.5 Å². The predicted octanol–water partition coefficient (Wildman–Crippen LogP) is 3.85. The van der Waals surface area contributed by atoms with E-state index in [0.717, 1.165) is 12.1 Å². The lowest BCUT2D eigenvalue weighted by Crippen LogP contribution is -2.49. The minimum absolute atomic E-state index is 0.0574. The zero-order valence-corrected chi connectivity index (χ0v) is 13.2. The largest absolute Gasteiger partial charge is 0.329 e. The number of benzene rings is 1. The Hall–Kier alpha value is -0.640. The summed E-state index contributed by atoms with van der Waals surface area (Å²) < 4.78 is 13.7. The van der Waals surface area contributed by atoms with Gasteiger partial charge in [0.1, 0.15) is 5.82 Å². The quantitative estimate of drug-likeness (QED) is 0.918. The molecule has 20 heavy (non-hydrogen) atoms. The number of nitrogens with zero attached hydrogens (tertiary/aromatic N) is 1. The molecular weight excluding hydrogens is 275 g/mol. The predicted molar refractivity (Wildman–Crippen MR) is 82.3 cm³/mol. The molecule has 2 nitrogen and oxygen atoms in total. The van der Waals surface area contributed by atoms with Gasteiger partial charge in [0.2, 0.25) is 0 Å². The summed E-state index contributed by atoms with van der Waals surface area (Å²) in [5.41, 5.74) is 6.90. The Kier molecular flexibility index (Phi) is 5.05. The molecule has 4 unspecified atom stereocenters. The van der Waals surface area contributed by atoms with Crippen LogP contribution in [0.1, 0.15) is 38.8 Å². The molecule has 1 aromatic carbocycles. The van der Waals surface area contributed by atoms with Crippen molar-refractivity contribution in [3.8, 4) is 0 Å². The Morgan fingerprint density at radius 3 is 2.70 bits per heavy atom. The van der Waals surface area contributed by atoms with E-state index in [0.29, 0.717) is 24.4 Å². The summed E-state index contributed by atoms with van der Waals surface area (Å²) in [7, 11) is 0. The molecule has 4 atom stereocenters. The Morgan fingerprint density at radius 1 is 1.40 bits per heavy atom. The lowest BCUT2D eigenvalue weighted by molar-refractivity contribution is 0.0423. The fraction of sp³-hybridized carbons (Fsp3) is 0.625. The Balaban J connectivity index is 2.28. The topological polar surface area (TPSA) is 29.3 Å². The van der Waals surface area contributed by atoms with E-state index in [1.54, 1.807) is 6.07 Å². The third-order valence-corrected chi connectivity index (χ3v) is 4.90. The molecule has 0 bridgehead atoms. The highest BCUT2D eigenvalue weighted by Gasteiger charge is 2.33. The smallest absolute Gasteiger partial charge is 0.142 e. The minimum Gasteiger partial charge on any atom is -0.329 e.